The maximum Gasteiger partial charge on any atom is 0.149 e. The van der Waals surface area contributed by atoms with Gasteiger partial charge in [-0.1, -0.05) is 96.1 Å². The van der Waals surface area contributed by atoms with Crippen LogP contribution in [0.25, 0.3) is 72.5 Å². The van der Waals surface area contributed by atoms with E-state index >= 15 is 0 Å². The number of aromatic hydroxyl groups is 1. The topological polar surface area (TPSA) is 63.8 Å². The standard InChI is InChI=1S/C48H44N4O/c1-30-20-22-49-41(23-30)34-24-31-13-12-21-50-44(31)39(28-34)33-25-32(26-36(27-33)48(5,6)7)38-16-11-17-42-45(38)51-46(52(42)37-14-9-8-10-15-37)40-29-35(47(2,3)4)18-19-43(40)53/h8-29,53H,1-7H3. The zero-order valence-corrected chi connectivity index (χ0v) is 31.4. The van der Waals surface area contributed by atoms with Gasteiger partial charge in [-0.3, -0.25) is 14.5 Å². The van der Waals surface area contributed by atoms with Crippen LogP contribution in [0, 0.1) is 6.92 Å². The summed E-state index contributed by atoms with van der Waals surface area (Å²) in [5.74, 6) is 0.898. The van der Waals surface area contributed by atoms with E-state index in [9.17, 15) is 5.11 Å². The molecule has 0 amide bonds. The highest BCUT2D eigenvalue weighted by Crippen LogP contribution is 2.42. The summed E-state index contributed by atoms with van der Waals surface area (Å²) in [5.41, 5.74) is 13.9. The van der Waals surface area contributed by atoms with Crippen molar-refractivity contribution in [3.05, 3.63) is 150 Å². The lowest BCUT2D eigenvalue weighted by atomic mass is 9.82. The zero-order chi connectivity index (χ0) is 37.1. The first-order chi connectivity index (χ1) is 25.3. The van der Waals surface area contributed by atoms with Gasteiger partial charge in [-0.2, -0.15) is 0 Å². The Kier molecular flexibility index (Phi) is 8.26. The third kappa shape index (κ3) is 6.37. The molecule has 3 heterocycles. The molecule has 3 aromatic heterocycles. The summed E-state index contributed by atoms with van der Waals surface area (Å²) in [7, 11) is 0. The first-order valence-electron chi connectivity index (χ1n) is 18.2. The molecule has 8 rings (SSSR count). The minimum atomic E-state index is -0.134. The highest BCUT2D eigenvalue weighted by atomic mass is 16.3. The maximum absolute atomic E-state index is 11.4. The van der Waals surface area contributed by atoms with Crippen molar-refractivity contribution in [2.45, 2.75) is 59.3 Å². The summed E-state index contributed by atoms with van der Waals surface area (Å²) in [6, 6.07) is 42.2. The fraction of sp³-hybridized carbons (Fsp3) is 0.188. The van der Waals surface area contributed by atoms with Crippen LogP contribution in [0.2, 0.25) is 0 Å². The molecule has 0 unspecified atom stereocenters. The number of aryl methyl sites for hydroxylation is 1. The van der Waals surface area contributed by atoms with Crippen LogP contribution in [-0.4, -0.2) is 24.6 Å². The summed E-state index contributed by atoms with van der Waals surface area (Å²) < 4.78 is 2.17. The van der Waals surface area contributed by atoms with E-state index in [-0.39, 0.29) is 16.6 Å². The van der Waals surface area contributed by atoms with Crippen molar-refractivity contribution in [2.75, 3.05) is 0 Å². The van der Waals surface area contributed by atoms with Gasteiger partial charge in [0.2, 0.25) is 0 Å². The van der Waals surface area contributed by atoms with Crippen LogP contribution in [0.1, 0.15) is 58.2 Å². The Morgan fingerprint density at radius 3 is 2.04 bits per heavy atom. The van der Waals surface area contributed by atoms with Gasteiger partial charge in [-0.05, 0) is 112 Å². The van der Waals surface area contributed by atoms with Gasteiger partial charge >= 0.3 is 0 Å². The predicted octanol–water partition coefficient (Wildman–Crippen LogP) is 12.2. The van der Waals surface area contributed by atoms with E-state index in [1.54, 1.807) is 6.07 Å². The van der Waals surface area contributed by atoms with Crippen LogP contribution < -0.4 is 0 Å². The maximum atomic E-state index is 11.4. The quantitative estimate of drug-likeness (QED) is 0.195. The van der Waals surface area contributed by atoms with Crippen molar-refractivity contribution < 1.29 is 5.11 Å². The fourth-order valence-corrected chi connectivity index (χ4v) is 7.16. The number of aromatic nitrogens is 4. The van der Waals surface area contributed by atoms with E-state index in [1.165, 1.54) is 11.1 Å². The predicted molar refractivity (Wildman–Crippen MR) is 220 cm³/mol. The number of hydrogen-bond donors (Lipinski definition) is 1. The van der Waals surface area contributed by atoms with Gasteiger partial charge in [0.1, 0.15) is 11.6 Å². The SMILES string of the molecule is Cc1ccnc(-c2cc(-c3cc(-c4cccc5c4nc(-c4cc(C(C)(C)C)ccc4O)n5-c4ccccc4)cc(C(C)(C)C)c3)c3ncccc3c2)c1. The molecule has 0 fully saturated rings. The Labute approximate surface area is 311 Å². The number of imidazole rings is 1. The second-order valence-corrected chi connectivity index (χ2v) is 16.1. The van der Waals surface area contributed by atoms with Crippen LogP contribution in [0.4, 0.5) is 0 Å². The summed E-state index contributed by atoms with van der Waals surface area (Å²) in [6.45, 7) is 15.4. The van der Waals surface area contributed by atoms with Gasteiger partial charge in [-0.15, -0.1) is 0 Å². The number of benzene rings is 5. The molecule has 5 nitrogen and oxygen atoms in total. The first kappa shape index (κ1) is 34.0. The van der Waals surface area contributed by atoms with E-state index in [2.05, 4.69) is 132 Å². The Morgan fingerprint density at radius 1 is 0.547 bits per heavy atom. The molecular formula is C48H44N4O. The van der Waals surface area contributed by atoms with Gasteiger partial charge in [0.25, 0.3) is 0 Å². The van der Waals surface area contributed by atoms with E-state index in [1.807, 2.05) is 48.8 Å². The summed E-state index contributed by atoms with van der Waals surface area (Å²) in [4.78, 5) is 15.1. The van der Waals surface area contributed by atoms with Crippen molar-refractivity contribution in [1.82, 2.24) is 19.5 Å². The second-order valence-electron chi connectivity index (χ2n) is 16.1. The van der Waals surface area contributed by atoms with E-state index < -0.39 is 0 Å². The molecule has 5 heteroatoms. The highest BCUT2D eigenvalue weighted by Gasteiger charge is 2.24. The van der Waals surface area contributed by atoms with Crippen LogP contribution in [0.5, 0.6) is 5.75 Å². The lowest BCUT2D eigenvalue weighted by Gasteiger charge is -2.22. The molecule has 0 saturated carbocycles. The molecule has 53 heavy (non-hydrogen) atoms. The minimum Gasteiger partial charge on any atom is -0.507 e. The summed E-state index contributed by atoms with van der Waals surface area (Å²) in [6.07, 6.45) is 3.74. The van der Waals surface area contributed by atoms with Crippen LogP contribution in [-0.2, 0) is 10.8 Å². The number of pyridine rings is 2. The minimum absolute atomic E-state index is 0.104. The van der Waals surface area contributed by atoms with E-state index in [0.29, 0.717) is 11.4 Å². The average molecular weight is 693 g/mol. The molecule has 0 aliphatic rings. The normalized spacial score (nSPS) is 12.1. The number of phenolic OH excluding ortho intramolecular Hbond substituents is 1. The van der Waals surface area contributed by atoms with Crippen LogP contribution >= 0.6 is 0 Å². The number of rotatable bonds is 5. The van der Waals surface area contributed by atoms with E-state index in [4.69, 9.17) is 15.0 Å². The number of phenols is 1. The molecule has 0 aliphatic carbocycles. The van der Waals surface area contributed by atoms with Gasteiger partial charge in [0, 0.05) is 40.2 Å². The third-order valence-corrected chi connectivity index (χ3v) is 10.1. The Hall–Kier alpha value is -6.07. The summed E-state index contributed by atoms with van der Waals surface area (Å²) >= 11 is 0. The van der Waals surface area contributed by atoms with Crippen LogP contribution in [0.3, 0.4) is 0 Å². The average Bonchev–Trinajstić information content (AvgIpc) is 3.53. The number of para-hydroxylation sites is 2. The molecule has 8 aromatic rings. The van der Waals surface area contributed by atoms with Gasteiger partial charge in [0.15, 0.2) is 0 Å². The Balaban J connectivity index is 1.40. The number of nitrogens with zero attached hydrogens (tertiary/aromatic N) is 4. The molecule has 1 N–H and O–H groups in total. The van der Waals surface area contributed by atoms with Crippen molar-refractivity contribution in [1.29, 1.82) is 0 Å². The summed E-state index contributed by atoms with van der Waals surface area (Å²) in [5, 5.41) is 12.4. The lowest BCUT2D eigenvalue weighted by Crippen LogP contribution is -2.11. The fourth-order valence-electron chi connectivity index (χ4n) is 7.16. The van der Waals surface area contributed by atoms with Crippen LogP contribution in [0.15, 0.2) is 134 Å². The number of hydrogen-bond acceptors (Lipinski definition) is 4. The van der Waals surface area contributed by atoms with Crippen molar-refractivity contribution >= 4 is 21.9 Å². The molecule has 0 saturated heterocycles. The third-order valence-electron chi connectivity index (χ3n) is 10.1. The highest BCUT2D eigenvalue weighted by molar-refractivity contribution is 6.00. The van der Waals surface area contributed by atoms with Gasteiger partial charge < -0.3 is 5.11 Å². The molecular weight excluding hydrogens is 649 g/mol. The smallest absolute Gasteiger partial charge is 0.149 e. The van der Waals surface area contributed by atoms with Gasteiger partial charge in [0.05, 0.1) is 27.8 Å². The molecule has 0 bridgehead atoms. The van der Waals surface area contributed by atoms with E-state index in [0.717, 1.165) is 66.7 Å². The van der Waals surface area contributed by atoms with Crippen molar-refractivity contribution in [3.8, 4) is 56.3 Å². The lowest BCUT2D eigenvalue weighted by molar-refractivity contribution is 0.475. The zero-order valence-electron chi connectivity index (χ0n) is 31.4. The van der Waals surface area contributed by atoms with Crippen molar-refractivity contribution in [2.24, 2.45) is 0 Å². The molecule has 0 atom stereocenters. The first-order valence-corrected chi connectivity index (χ1v) is 18.2. The molecule has 262 valence electrons. The monoisotopic (exact) mass is 692 g/mol. The molecule has 0 aliphatic heterocycles. The second kappa shape index (κ2) is 12.9. The molecule has 5 aromatic carbocycles. The number of fused-ring (bicyclic) bond motifs is 2. The largest absolute Gasteiger partial charge is 0.507 e. The molecule has 0 radical (unpaired) electrons. The Morgan fingerprint density at radius 2 is 1.30 bits per heavy atom. The van der Waals surface area contributed by atoms with Gasteiger partial charge in [-0.25, -0.2) is 4.98 Å². The van der Waals surface area contributed by atoms with Crippen molar-refractivity contribution in [3.63, 3.8) is 0 Å². The Bertz CT molecular complexity index is 2660. The molecule has 0 spiro atoms.